The fourth-order valence-electron chi connectivity index (χ4n) is 3.94. The molecular formula is C20H29N4O5+. The minimum absolute atomic E-state index is 0.0112. The van der Waals surface area contributed by atoms with Gasteiger partial charge in [0.15, 0.2) is 11.5 Å². The van der Waals surface area contributed by atoms with Gasteiger partial charge in [0.1, 0.15) is 26.3 Å². The fraction of sp³-hybridized carbons (Fsp3) is 0.600. The molecule has 3 N–H and O–H groups in total. The predicted octanol–water partition coefficient (Wildman–Crippen LogP) is -0.832. The van der Waals surface area contributed by atoms with Crippen LogP contribution in [0.1, 0.15) is 12.8 Å². The number of carbonyl (C=O) groups is 2. The summed E-state index contributed by atoms with van der Waals surface area (Å²) in [5, 5.41) is 5.81. The normalized spacial score (nSPS) is 21.9. The van der Waals surface area contributed by atoms with Crippen LogP contribution < -0.4 is 29.9 Å². The first-order valence-electron chi connectivity index (χ1n) is 10.3. The van der Waals surface area contributed by atoms with Gasteiger partial charge in [0.05, 0.1) is 25.8 Å². The number of hydrogen-bond donors (Lipinski definition) is 3. The highest BCUT2D eigenvalue weighted by Gasteiger charge is 2.32. The number of anilines is 1. The quantitative estimate of drug-likeness (QED) is 0.537. The summed E-state index contributed by atoms with van der Waals surface area (Å²) in [5.41, 5.74) is 0.762. The van der Waals surface area contributed by atoms with Crippen molar-refractivity contribution in [1.82, 2.24) is 10.6 Å². The Bertz CT molecular complexity index is 738. The van der Waals surface area contributed by atoms with E-state index in [4.69, 9.17) is 14.2 Å². The summed E-state index contributed by atoms with van der Waals surface area (Å²) in [6, 6.07) is 5.07. The van der Waals surface area contributed by atoms with Crippen LogP contribution in [0.2, 0.25) is 0 Å². The molecule has 158 valence electrons. The molecule has 3 heterocycles. The van der Waals surface area contributed by atoms with Gasteiger partial charge in [-0.3, -0.25) is 4.79 Å². The molecule has 0 aromatic heterocycles. The van der Waals surface area contributed by atoms with Gasteiger partial charge in [0.25, 0.3) is 0 Å². The van der Waals surface area contributed by atoms with Crippen LogP contribution in [0.25, 0.3) is 0 Å². The highest BCUT2D eigenvalue weighted by molar-refractivity contribution is 5.97. The Kier molecular flexibility index (Phi) is 6.36. The number of quaternary nitrogens is 1. The summed E-state index contributed by atoms with van der Waals surface area (Å²) in [7, 11) is 0. The lowest BCUT2D eigenvalue weighted by molar-refractivity contribution is -0.908. The Morgan fingerprint density at radius 3 is 2.76 bits per heavy atom. The number of carbonyl (C=O) groups excluding carboxylic acids is 2. The van der Waals surface area contributed by atoms with Gasteiger partial charge in [-0.05, 0) is 12.1 Å². The number of urea groups is 1. The van der Waals surface area contributed by atoms with Gasteiger partial charge >= 0.3 is 6.03 Å². The molecule has 3 amide bonds. The van der Waals surface area contributed by atoms with E-state index in [2.05, 4.69) is 10.6 Å². The molecule has 0 unspecified atom stereocenters. The lowest BCUT2D eigenvalue weighted by Gasteiger charge is -2.23. The van der Waals surface area contributed by atoms with E-state index in [1.807, 2.05) is 18.2 Å². The van der Waals surface area contributed by atoms with Gasteiger partial charge in [0.2, 0.25) is 5.91 Å². The first-order valence-corrected chi connectivity index (χ1v) is 10.3. The summed E-state index contributed by atoms with van der Waals surface area (Å²) in [4.78, 5) is 27.8. The molecule has 3 aliphatic rings. The van der Waals surface area contributed by atoms with Crippen molar-refractivity contribution in [2.24, 2.45) is 0 Å². The topological polar surface area (TPSA) is 93.6 Å². The smallest absolute Gasteiger partial charge is 0.315 e. The van der Waals surface area contributed by atoms with Crippen molar-refractivity contribution in [1.29, 1.82) is 0 Å². The van der Waals surface area contributed by atoms with Crippen molar-refractivity contribution < 1.29 is 28.7 Å². The third-order valence-corrected chi connectivity index (χ3v) is 5.49. The average molecular weight is 405 g/mol. The number of fused-ring (bicyclic) bond motifs is 1. The van der Waals surface area contributed by atoms with Crippen molar-refractivity contribution in [2.45, 2.75) is 18.9 Å². The molecule has 0 saturated carbocycles. The summed E-state index contributed by atoms with van der Waals surface area (Å²) < 4.78 is 16.5. The zero-order valence-electron chi connectivity index (χ0n) is 16.6. The Hall–Kier alpha value is -2.52. The minimum atomic E-state index is -0.219. The van der Waals surface area contributed by atoms with Crippen molar-refractivity contribution in [3.63, 3.8) is 0 Å². The maximum absolute atomic E-state index is 12.4. The van der Waals surface area contributed by atoms with E-state index < -0.39 is 0 Å². The molecule has 1 aromatic carbocycles. The third-order valence-electron chi connectivity index (χ3n) is 5.49. The van der Waals surface area contributed by atoms with Crippen molar-refractivity contribution in [2.75, 3.05) is 64.1 Å². The number of amides is 3. The van der Waals surface area contributed by atoms with Crippen LogP contribution in [0.3, 0.4) is 0 Å². The lowest BCUT2D eigenvalue weighted by Crippen LogP contribution is -3.14. The summed E-state index contributed by atoms with van der Waals surface area (Å²) >= 11 is 0. The van der Waals surface area contributed by atoms with Gasteiger partial charge in [-0.1, -0.05) is 0 Å². The molecule has 0 radical (unpaired) electrons. The SMILES string of the molecule is O=C(NCCC[NH+]1CCOCC1)N[C@@H]1CC(=O)N(c2ccc3c(c2)OCCO3)C1. The van der Waals surface area contributed by atoms with Crippen LogP contribution in [0, 0.1) is 0 Å². The van der Waals surface area contributed by atoms with E-state index in [1.54, 1.807) is 4.90 Å². The minimum Gasteiger partial charge on any atom is -0.486 e. The fourth-order valence-corrected chi connectivity index (χ4v) is 3.94. The number of ether oxygens (including phenoxy) is 3. The Balaban J connectivity index is 1.21. The second kappa shape index (κ2) is 9.32. The number of rotatable bonds is 6. The summed E-state index contributed by atoms with van der Waals surface area (Å²) in [6.07, 6.45) is 1.22. The molecule has 2 saturated heterocycles. The molecular weight excluding hydrogens is 376 g/mol. The standard InChI is InChI=1S/C20H28N4O5/c25-19-12-15(22-20(26)21-4-1-5-23-6-8-27-9-7-23)14-24(19)16-2-3-17-18(13-16)29-11-10-28-17/h2-3,13,15H,1,4-12,14H2,(H2,21,22,26)/p+1/t15-/m1/s1. The predicted molar refractivity (Wildman–Crippen MR) is 106 cm³/mol. The van der Waals surface area contributed by atoms with E-state index in [-0.39, 0.29) is 18.0 Å². The number of nitrogens with zero attached hydrogens (tertiary/aromatic N) is 1. The van der Waals surface area contributed by atoms with Crippen LogP contribution in [0.5, 0.6) is 11.5 Å². The van der Waals surface area contributed by atoms with Gasteiger partial charge < -0.3 is 34.6 Å². The van der Waals surface area contributed by atoms with Crippen molar-refractivity contribution in [3.05, 3.63) is 18.2 Å². The molecule has 1 atom stereocenters. The Labute approximate surface area is 170 Å². The van der Waals surface area contributed by atoms with Crippen LogP contribution in [-0.4, -0.2) is 77.1 Å². The van der Waals surface area contributed by atoms with Gasteiger partial charge in [-0.15, -0.1) is 0 Å². The third kappa shape index (κ3) is 5.10. The molecule has 0 spiro atoms. The number of morpholine rings is 1. The van der Waals surface area contributed by atoms with Crippen LogP contribution in [0.4, 0.5) is 10.5 Å². The summed E-state index contributed by atoms with van der Waals surface area (Å²) in [6.45, 7) is 6.84. The lowest BCUT2D eigenvalue weighted by atomic mass is 10.2. The Morgan fingerprint density at radius 1 is 1.14 bits per heavy atom. The van der Waals surface area contributed by atoms with Crippen LogP contribution >= 0.6 is 0 Å². The molecule has 4 rings (SSSR count). The van der Waals surface area contributed by atoms with Crippen molar-refractivity contribution in [3.8, 4) is 11.5 Å². The zero-order valence-corrected chi connectivity index (χ0v) is 16.6. The largest absolute Gasteiger partial charge is 0.486 e. The maximum Gasteiger partial charge on any atom is 0.315 e. The summed E-state index contributed by atoms with van der Waals surface area (Å²) in [5.74, 6) is 1.33. The van der Waals surface area contributed by atoms with Crippen LogP contribution in [-0.2, 0) is 9.53 Å². The van der Waals surface area contributed by atoms with E-state index in [0.717, 1.165) is 45.0 Å². The number of nitrogens with one attached hydrogen (secondary N) is 3. The first-order chi connectivity index (χ1) is 14.2. The first kappa shape index (κ1) is 19.8. The monoisotopic (exact) mass is 405 g/mol. The molecule has 9 nitrogen and oxygen atoms in total. The second-order valence-electron chi connectivity index (χ2n) is 7.60. The van der Waals surface area contributed by atoms with Crippen LogP contribution in [0.15, 0.2) is 18.2 Å². The molecule has 2 fully saturated rings. The average Bonchev–Trinajstić information content (AvgIpc) is 3.11. The molecule has 9 heteroatoms. The van der Waals surface area contributed by atoms with Crippen molar-refractivity contribution >= 4 is 17.6 Å². The number of hydrogen-bond acceptors (Lipinski definition) is 5. The highest BCUT2D eigenvalue weighted by atomic mass is 16.6. The molecule has 29 heavy (non-hydrogen) atoms. The molecule has 3 aliphatic heterocycles. The number of benzene rings is 1. The zero-order chi connectivity index (χ0) is 20.1. The highest BCUT2D eigenvalue weighted by Crippen LogP contribution is 2.35. The van der Waals surface area contributed by atoms with Gasteiger partial charge in [-0.2, -0.15) is 0 Å². The van der Waals surface area contributed by atoms with E-state index >= 15 is 0 Å². The van der Waals surface area contributed by atoms with E-state index in [1.165, 1.54) is 4.90 Å². The molecule has 1 aromatic rings. The van der Waals surface area contributed by atoms with E-state index in [9.17, 15) is 9.59 Å². The Morgan fingerprint density at radius 2 is 1.93 bits per heavy atom. The van der Waals surface area contributed by atoms with Gasteiger partial charge in [0, 0.05) is 37.7 Å². The molecule has 0 bridgehead atoms. The molecule has 0 aliphatic carbocycles. The second-order valence-corrected chi connectivity index (χ2v) is 7.60. The van der Waals surface area contributed by atoms with E-state index in [0.29, 0.717) is 44.2 Å². The van der Waals surface area contributed by atoms with Gasteiger partial charge in [-0.25, -0.2) is 4.79 Å². The maximum atomic E-state index is 12.4.